The van der Waals surface area contributed by atoms with Gasteiger partial charge in [-0.3, -0.25) is 0 Å². The van der Waals surface area contributed by atoms with Crippen LogP contribution >= 0.6 is 11.6 Å². The summed E-state index contributed by atoms with van der Waals surface area (Å²) in [6, 6.07) is 0. The van der Waals surface area contributed by atoms with Crippen LogP contribution in [0.5, 0.6) is 0 Å². The zero-order valence-corrected chi connectivity index (χ0v) is 16.8. The average Bonchev–Trinajstić information content (AvgIpc) is 2.64. The highest BCUT2D eigenvalue weighted by molar-refractivity contribution is 6.20. The van der Waals surface area contributed by atoms with Crippen LogP contribution in [0.25, 0.3) is 0 Å². The first kappa shape index (κ1) is 19.7. The van der Waals surface area contributed by atoms with Crippen molar-refractivity contribution in [3.63, 3.8) is 0 Å². The lowest BCUT2D eigenvalue weighted by Gasteiger charge is -2.40. The summed E-state index contributed by atoms with van der Waals surface area (Å²) >= 11 is 5.58. The molecule has 5 heteroatoms. The molecule has 3 aliphatic carbocycles. The van der Waals surface area contributed by atoms with Gasteiger partial charge in [0.15, 0.2) is 11.6 Å². The van der Waals surface area contributed by atoms with Crippen molar-refractivity contribution in [1.29, 1.82) is 0 Å². The average molecular weight is 403 g/mol. The zero-order chi connectivity index (χ0) is 19.2. The van der Waals surface area contributed by atoms with Crippen LogP contribution in [0.15, 0.2) is 23.2 Å². The highest BCUT2D eigenvalue weighted by Crippen LogP contribution is 2.49. The molecule has 2 atom stereocenters. The summed E-state index contributed by atoms with van der Waals surface area (Å²) in [6.07, 6.45) is 11.6. The van der Waals surface area contributed by atoms with E-state index in [0.29, 0.717) is 17.9 Å². The molecule has 1 unspecified atom stereocenters. The zero-order valence-electron chi connectivity index (χ0n) is 16.0. The van der Waals surface area contributed by atoms with Gasteiger partial charge < -0.3 is 4.74 Å². The van der Waals surface area contributed by atoms with Crippen LogP contribution < -0.4 is 0 Å². The molecule has 1 heterocycles. The van der Waals surface area contributed by atoms with Crippen molar-refractivity contribution in [1.82, 2.24) is 0 Å². The third kappa shape index (κ3) is 4.06. The maximum atomic E-state index is 14.5. The van der Waals surface area contributed by atoms with E-state index in [2.05, 4.69) is 6.92 Å². The van der Waals surface area contributed by atoms with Crippen molar-refractivity contribution in [2.75, 3.05) is 0 Å². The fourth-order valence-electron chi connectivity index (χ4n) is 5.82. The third-order valence-electron chi connectivity index (χ3n) is 7.53. The fraction of sp³-hybridized carbons (Fsp3) is 0.818. The van der Waals surface area contributed by atoms with Gasteiger partial charge >= 0.3 is 5.92 Å². The second-order valence-corrected chi connectivity index (χ2v) is 9.78. The molecule has 4 aliphatic rings. The van der Waals surface area contributed by atoms with E-state index in [4.69, 9.17) is 16.3 Å². The Bertz CT molecular complexity index is 613. The summed E-state index contributed by atoms with van der Waals surface area (Å²) in [5.41, 5.74) is -1.37. The van der Waals surface area contributed by atoms with Crippen molar-refractivity contribution < 1.29 is 17.9 Å². The van der Waals surface area contributed by atoms with Crippen LogP contribution in [0.2, 0.25) is 0 Å². The maximum Gasteiger partial charge on any atom is 0.301 e. The Morgan fingerprint density at radius 3 is 2.15 bits per heavy atom. The van der Waals surface area contributed by atoms with E-state index in [1.165, 1.54) is 38.5 Å². The number of alkyl halides is 3. The van der Waals surface area contributed by atoms with Gasteiger partial charge in [-0.15, -0.1) is 0 Å². The van der Waals surface area contributed by atoms with E-state index in [1.54, 1.807) is 6.08 Å². The van der Waals surface area contributed by atoms with E-state index < -0.39 is 23.7 Å². The maximum absolute atomic E-state index is 14.5. The van der Waals surface area contributed by atoms with Gasteiger partial charge in [-0.2, -0.15) is 0 Å². The topological polar surface area (TPSA) is 9.23 Å². The van der Waals surface area contributed by atoms with Crippen LogP contribution in [0.1, 0.15) is 71.1 Å². The standard InChI is InChI=1S/C22H30ClF3O/c1-13-2-4-14(5-3-13)15-6-8-16(9-7-15)17-10-18-12-22(25,26)21(23)27-20(18)19(24)11-17/h11,13-17,21H,2-10,12H2,1H3/t13?,14?,15?,16?,17?,21-/m1/s1. The van der Waals surface area contributed by atoms with Gasteiger partial charge in [-0.05, 0) is 86.2 Å². The molecule has 2 fully saturated rings. The minimum Gasteiger partial charge on any atom is -0.465 e. The monoisotopic (exact) mass is 402 g/mol. The second kappa shape index (κ2) is 7.65. The molecule has 0 aromatic rings. The number of halogens is 4. The number of hydrogen-bond donors (Lipinski definition) is 0. The molecule has 152 valence electrons. The van der Waals surface area contributed by atoms with Gasteiger partial charge in [0.25, 0.3) is 0 Å². The van der Waals surface area contributed by atoms with Crippen LogP contribution in [0.3, 0.4) is 0 Å². The molecule has 0 amide bonds. The fourth-order valence-corrected chi connectivity index (χ4v) is 5.99. The first-order valence-electron chi connectivity index (χ1n) is 10.6. The summed E-state index contributed by atoms with van der Waals surface area (Å²) in [7, 11) is 0. The smallest absolute Gasteiger partial charge is 0.301 e. The van der Waals surface area contributed by atoms with E-state index in [1.807, 2.05) is 0 Å². The SMILES string of the molecule is CC1CCC(C2CCC(C3C=C(F)C4=C(C3)CC(F)(F)[C@H](Cl)O4)CC2)CC1. The Morgan fingerprint density at radius 1 is 0.963 bits per heavy atom. The number of hydrogen-bond acceptors (Lipinski definition) is 1. The molecule has 0 saturated heterocycles. The summed E-state index contributed by atoms with van der Waals surface area (Å²) in [4.78, 5) is 0. The quantitative estimate of drug-likeness (QED) is 0.438. The van der Waals surface area contributed by atoms with Crippen LogP contribution in [0, 0.1) is 29.6 Å². The molecular weight excluding hydrogens is 373 g/mol. The predicted molar refractivity (Wildman–Crippen MR) is 101 cm³/mol. The summed E-state index contributed by atoms with van der Waals surface area (Å²) in [5.74, 6) is -0.695. The van der Waals surface area contributed by atoms with Gasteiger partial charge in [0, 0.05) is 6.42 Å². The van der Waals surface area contributed by atoms with Gasteiger partial charge in [0.1, 0.15) is 0 Å². The van der Waals surface area contributed by atoms with Crippen LogP contribution in [-0.4, -0.2) is 11.5 Å². The van der Waals surface area contributed by atoms with Crippen molar-refractivity contribution in [2.45, 2.75) is 82.6 Å². The lowest BCUT2D eigenvalue weighted by Crippen LogP contribution is -2.38. The molecule has 0 radical (unpaired) electrons. The van der Waals surface area contributed by atoms with Gasteiger partial charge in [-0.1, -0.05) is 31.4 Å². The molecule has 0 aromatic carbocycles. The lowest BCUT2D eigenvalue weighted by atomic mass is 9.66. The molecule has 0 N–H and O–H groups in total. The van der Waals surface area contributed by atoms with E-state index in [0.717, 1.165) is 30.6 Å². The molecule has 1 aliphatic heterocycles. The lowest BCUT2D eigenvalue weighted by molar-refractivity contribution is -0.0966. The van der Waals surface area contributed by atoms with E-state index in [-0.39, 0.29) is 11.7 Å². The Morgan fingerprint density at radius 2 is 1.52 bits per heavy atom. The summed E-state index contributed by atoms with van der Waals surface area (Å²) < 4.78 is 47.4. The Hall–Kier alpha value is -0.640. The van der Waals surface area contributed by atoms with Crippen molar-refractivity contribution in [2.24, 2.45) is 29.6 Å². The molecule has 2 saturated carbocycles. The van der Waals surface area contributed by atoms with E-state index in [9.17, 15) is 13.2 Å². The van der Waals surface area contributed by atoms with Crippen LogP contribution in [0.4, 0.5) is 13.2 Å². The van der Waals surface area contributed by atoms with Crippen molar-refractivity contribution in [3.05, 3.63) is 23.2 Å². The minimum atomic E-state index is -3.13. The van der Waals surface area contributed by atoms with Gasteiger partial charge in [-0.25, -0.2) is 13.2 Å². The summed E-state index contributed by atoms with van der Waals surface area (Å²) in [6.45, 7) is 2.35. The Labute approximate surface area is 165 Å². The second-order valence-electron chi connectivity index (χ2n) is 9.38. The molecule has 27 heavy (non-hydrogen) atoms. The van der Waals surface area contributed by atoms with Crippen LogP contribution in [-0.2, 0) is 4.74 Å². The Balaban J connectivity index is 1.36. The van der Waals surface area contributed by atoms with Gasteiger partial charge in [0.05, 0.1) is 0 Å². The first-order valence-corrected chi connectivity index (χ1v) is 11.1. The van der Waals surface area contributed by atoms with E-state index >= 15 is 0 Å². The van der Waals surface area contributed by atoms with Gasteiger partial charge in [0.2, 0.25) is 5.56 Å². The van der Waals surface area contributed by atoms with Crippen molar-refractivity contribution >= 4 is 11.6 Å². The first-order chi connectivity index (χ1) is 12.8. The molecule has 4 rings (SSSR count). The molecule has 0 aromatic heterocycles. The highest BCUT2D eigenvalue weighted by atomic mass is 35.5. The predicted octanol–water partition coefficient (Wildman–Crippen LogP) is 7.37. The number of rotatable bonds is 2. The highest BCUT2D eigenvalue weighted by Gasteiger charge is 2.48. The normalized spacial score (nSPS) is 42.2. The minimum absolute atomic E-state index is 0.0161. The Kier molecular flexibility index (Phi) is 5.57. The molecule has 0 spiro atoms. The molecular formula is C22H30ClF3O. The number of ether oxygens (including phenoxy) is 1. The number of allylic oxidation sites excluding steroid dienone is 3. The van der Waals surface area contributed by atoms with Crippen molar-refractivity contribution in [3.8, 4) is 0 Å². The largest absolute Gasteiger partial charge is 0.465 e. The third-order valence-corrected chi connectivity index (χ3v) is 7.94. The molecule has 1 nitrogen and oxygen atoms in total. The molecule has 0 bridgehead atoms. The summed E-state index contributed by atoms with van der Waals surface area (Å²) in [5, 5.41) is 0.